The molecule has 0 spiro atoms. The SMILES string of the molecule is CC1C(C)C2CC1C1CCSC21. The van der Waals surface area contributed by atoms with Gasteiger partial charge >= 0.3 is 0 Å². The van der Waals surface area contributed by atoms with E-state index in [2.05, 4.69) is 25.6 Å². The number of rotatable bonds is 0. The summed E-state index contributed by atoms with van der Waals surface area (Å²) >= 11 is 2.28. The fourth-order valence-corrected chi connectivity index (χ4v) is 5.92. The van der Waals surface area contributed by atoms with Gasteiger partial charge in [0, 0.05) is 5.25 Å². The summed E-state index contributed by atoms with van der Waals surface area (Å²) in [4.78, 5) is 0. The van der Waals surface area contributed by atoms with E-state index in [1.165, 1.54) is 12.2 Å². The van der Waals surface area contributed by atoms with E-state index in [0.29, 0.717) is 0 Å². The van der Waals surface area contributed by atoms with Gasteiger partial charge in [-0.25, -0.2) is 0 Å². The molecule has 2 bridgehead atoms. The molecule has 1 aliphatic heterocycles. The van der Waals surface area contributed by atoms with Crippen LogP contribution in [-0.4, -0.2) is 11.0 Å². The Kier molecular flexibility index (Phi) is 1.57. The van der Waals surface area contributed by atoms with Crippen LogP contribution in [0.3, 0.4) is 0 Å². The summed E-state index contributed by atoms with van der Waals surface area (Å²) < 4.78 is 0. The Morgan fingerprint density at radius 2 is 1.75 bits per heavy atom. The molecular formula is C11H18S. The summed E-state index contributed by atoms with van der Waals surface area (Å²) in [6.45, 7) is 4.99. The molecule has 68 valence electrons. The van der Waals surface area contributed by atoms with E-state index < -0.39 is 0 Å². The molecule has 6 unspecified atom stereocenters. The smallest absolute Gasteiger partial charge is 0.0109 e. The Hall–Kier alpha value is 0.350. The molecule has 6 atom stereocenters. The van der Waals surface area contributed by atoms with Crippen molar-refractivity contribution in [1.29, 1.82) is 0 Å². The average molecular weight is 182 g/mol. The van der Waals surface area contributed by atoms with Crippen LogP contribution in [0.4, 0.5) is 0 Å². The van der Waals surface area contributed by atoms with Crippen LogP contribution in [0, 0.1) is 29.6 Å². The summed E-state index contributed by atoms with van der Waals surface area (Å²) in [6.07, 6.45) is 3.11. The zero-order valence-corrected chi connectivity index (χ0v) is 8.81. The molecule has 3 rings (SSSR count). The number of thioether (sulfide) groups is 1. The zero-order chi connectivity index (χ0) is 8.29. The third-order valence-electron chi connectivity index (χ3n) is 4.88. The minimum atomic E-state index is 1.03. The van der Waals surface area contributed by atoms with Crippen molar-refractivity contribution in [2.45, 2.75) is 31.9 Å². The normalized spacial score (nSPS) is 62.5. The van der Waals surface area contributed by atoms with Gasteiger partial charge in [-0.1, -0.05) is 13.8 Å². The summed E-state index contributed by atoms with van der Waals surface area (Å²) in [5.74, 6) is 6.87. The third-order valence-corrected chi connectivity index (χ3v) is 6.44. The molecule has 1 saturated heterocycles. The third kappa shape index (κ3) is 0.767. The highest BCUT2D eigenvalue weighted by Gasteiger charge is 2.56. The second-order valence-electron chi connectivity index (χ2n) is 5.07. The first-order valence-electron chi connectivity index (χ1n) is 5.40. The van der Waals surface area contributed by atoms with Gasteiger partial charge in [0.1, 0.15) is 0 Å². The Labute approximate surface area is 79.5 Å². The topological polar surface area (TPSA) is 0 Å². The van der Waals surface area contributed by atoms with Crippen molar-refractivity contribution < 1.29 is 0 Å². The van der Waals surface area contributed by atoms with Gasteiger partial charge in [0.25, 0.3) is 0 Å². The maximum atomic E-state index is 2.49. The fraction of sp³-hybridized carbons (Fsp3) is 1.00. The Balaban J connectivity index is 1.92. The molecule has 2 aliphatic carbocycles. The molecule has 2 saturated carbocycles. The van der Waals surface area contributed by atoms with Gasteiger partial charge in [-0.05, 0) is 48.2 Å². The van der Waals surface area contributed by atoms with E-state index in [0.717, 1.165) is 34.8 Å². The van der Waals surface area contributed by atoms with E-state index in [1.807, 2.05) is 0 Å². The van der Waals surface area contributed by atoms with E-state index in [4.69, 9.17) is 0 Å². The van der Waals surface area contributed by atoms with E-state index in [9.17, 15) is 0 Å². The summed E-state index contributed by atoms with van der Waals surface area (Å²) in [6, 6.07) is 0. The van der Waals surface area contributed by atoms with Crippen LogP contribution >= 0.6 is 11.8 Å². The highest BCUT2D eigenvalue weighted by Crippen LogP contribution is 2.62. The monoisotopic (exact) mass is 182 g/mol. The lowest BCUT2D eigenvalue weighted by atomic mass is 9.75. The largest absolute Gasteiger partial charge is 0.158 e. The number of hydrogen-bond acceptors (Lipinski definition) is 1. The Morgan fingerprint density at radius 1 is 1.00 bits per heavy atom. The minimum Gasteiger partial charge on any atom is -0.158 e. The van der Waals surface area contributed by atoms with E-state index in [1.54, 1.807) is 6.42 Å². The lowest BCUT2D eigenvalue weighted by Gasteiger charge is -2.33. The van der Waals surface area contributed by atoms with Crippen molar-refractivity contribution in [3.63, 3.8) is 0 Å². The maximum absolute atomic E-state index is 2.49. The lowest BCUT2D eigenvalue weighted by Crippen LogP contribution is -2.31. The van der Waals surface area contributed by atoms with Crippen molar-refractivity contribution in [3.8, 4) is 0 Å². The van der Waals surface area contributed by atoms with Crippen LogP contribution in [0.5, 0.6) is 0 Å². The van der Waals surface area contributed by atoms with Crippen LogP contribution in [0.25, 0.3) is 0 Å². The molecule has 0 aromatic heterocycles. The number of hydrogen-bond donors (Lipinski definition) is 0. The van der Waals surface area contributed by atoms with Gasteiger partial charge in [0.2, 0.25) is 0 Å². The summed E-state index contributed by atoms with van der Waals surface area (Å²) in [5.41, 5.74) is 0. The highest BCUT2D eigenvalue weighted by atomic mass is 32.2. The quantitative estimate of drug-likeness (QED) is 0.555. The summed E-state index contributed by atoms with van der Waals surface area (Å²) in [7, 11) is 0. The van der Waals surface area contributed by atoms with Crippen LogP contribution in [0.15, 0.2) is 0 Å². The summed E-state index contributed by atoms with van der Waals surface area (Å²) in [5, 5.41) is 1.08. The maximum Gasteiger partial charge on any atom is 0.0109 e. The first-order chi connectivity index (χ1) is 5.79. The Bertz CT molecular complexity index is 181. The minimum absolute atomic E-state index is 1.03. The van der Waals surface area contributed by atoms with Gasteiger partial charge < -0.3 is 0 Å². The van der Waals surface area contributed by atoms with Crippen molar-refractivity contribution in [3.05, 3.63) is 0 Å². The first-order valence-corrected chi connectivity index (χ1v) is 6.45. The van der Waals surface area contributed by atoms with Gasteiger partial charge in [0.05, 0.1) is 0 Å². The van der Waals surface area contributed by atoms with E-state index in [-0.39, 0.29) is 0 Å². The van der Waals surface area contributed by atoms with Gasteiger partial charge in [-0.15, -0.1) is 0 Å². The molecule has 12 heavy (non-hydrogen) atoms. The molecule has 3 aliphatic rings. The average Bonchev–Trinajstić information content (AvgIpc) is 2.63. The molecule has 1 heterocycles. The second kappa shape index (κ2) is 2.43. The standard InChI is InChI=1S/C11H18S/c1-6-7(2)10-5-9(6)8-3-4-12-11(8)10/h6-11H,3-5H2,1-2H3. The fourth-order valence-electron chi connectivity index (χ4n) is 4.05. The lowest BCUT2D eigenvalue weighted by molar-refractivity contribution is 0.201. The van der Waals surface area contributed by atoms with Crippen molar-refractivity contribution in [2.24, 2.45) is 29.6 Å². The van der Waals surface area contributed by atoms with Crippen LogP contribution in [-0.2, 0) is 0 Å². The molecule has 0 aromatic carbocycles. The van der Waals surface area contributed by atoms with Crippen LogP contribution in [0.2, 0.25) is 0 Å². The molecule has 1 heteroatoms. The molecular weight excluding hydrogens is 164 g/mol. The molecule has 3 fully saturated rings. The van der Waals surface area contributed by atoms with E-state index >= 15 is 0 Å². The molecule has 0 amide bonds. The molecule has 0 N–H and O–H groups in total. The first kappa shape index (κ1) is 7.73. The van der Waals surface area contributed by atoms with Crippen molar-refractivity contribution in [2.75, 3.05) is 5.75 Å². The highest BCUT2D eigenvalue weighted by molar-refractivity contribution is 8.00. The van der Waals surface area contributed by atoms with Gasteiger partial charge in [0.15, 0.2) is 0 Å². The predicted octanol–water partition coefficient (Wildman–Crippen LogP) is 3.03. The van der Waals surface area contributed by atoms with Crippen LogP contribution in [0.1, 0.15) is 26.7 Å². The molecule has 0 nitrogen and oxygen atoms in total. The predicted molar refractivity (Wildman–Crippen MR) is 54.3 cm³/mol. The van der Waals surface area contributed by atoms with Gasteiger partial charge in [-0.3, -0.25) is 0 Å². The van der Waals surface area contributed by atoms with Gasteiger partial charge in [-0.2, -0.15) is 11.8 Å². The molecule has 0 radical (unpaired) electrons. The number of fused-ring (bicyclic) bond motifs is 5. The molecule has 0 aromatic rings. The zero-order valence-electron chi connectivity index (χ0n) is 7.99. The second-order valence-corrected chi connectivity index (χ2v) is 6.36. The van der Waals surface area contributed by atoms with Crippen LogP contribution < -0.4 is 0 Å². The van der Waals surface area contributed by atoms with Crippen molar-refractivity contribution in [1.82, 2.24) is 0 Å². The Morgan fingerprint density at radius 3 is 2.58 bits per heavy atom. The van der Waals surface area contributed by atoms with Crippen molar-refractivity contribution >= 4 is 11.8 Å².